The van der Waals surface area contributed by atoms with Gasteiger partial charge in [0.15, 0.2) is 0 Å². The second kappa shape index (κ2) is 6.24. The molecule has 2 aromatic rings. The molecular formula is C17H20N2O. The van der Waals surface area contributed by atoms with E-state index in [1.165, 1.54) is 5.56 Å². The molecule has 0 aliphatic rings. The first kappa shape index (κ1) is 14.1. The molecule has 1 N–H and O–H groups in total. The van der Waals surface area contributed by atoms with E-state index in [9.17, 15) is 4.79 Å². The van der Waals surface area contributed by atoms with Gasteiger partial charge in [-0.2, -0.15) is 0 Å². The molecule has 1 atom stereocenters. The summed E-state index contributed by atoms with van der Waals surface area (Å²) in [7, 11) is 1.80. The lowest BCUT2D eigenvalue weighted by Gasteiger charge is -2.23. The number of nitrogens with zero attached hydrogens (tertiary/aromatic N) is 1. The van der Waals surface area contributed by atoms with Gasteiger partial charge in [-0.25, -0.2) is 0 Å². The Morgan fingerprint density at radius 2 is 1.80 bits per heavy atom. The molecule has 3 nitrogen and oxygen atoms in total. The highest BCUT2D eigenvalue weighted by molar-refractivity contribution is 5.98. The Bertz CT molecular complexity index is 581. The van der Waals surface area contributed by atoms with E-state index in [1.54, 1.807) is 11.9 Å². The van der Waals surface area contributed by atoms with Gasteiger partial charge < -0.3 is 10.2 Å². The Morgan fingerprint density at radius 1 is 1.10 bits per heavy atom. The van der Waals surface area contributed by atoms with Crippen molar-refractivity contribution in [1.82, 2.24) is 0 Å². The highest BCUT2D eigenvalue weighted by Gasteiger charge is 2.18. The van der Waals surface area contributed by atoms with Gasteiger partial charge in [-0.05, 0) is 43.7 Å². The average Bonchev–Trinajstić information content (AvgIpc) is 2.46. The lowest BCUT2D eigenvalue weighted by Crippen LogP contribution is -2.39. The number of rotatable bonds is 4. The highest BCUT2D eigenvalue weighted by atomic mass is 16.2. The number of aryl methyl sites for hydroxylation is 1. The van der Waals surface area contributed by atoms with Gasteiger partial charge in [0.1, 0.15) is 6.04 Å². The molecule has 0 spiro atoms. The minimum atomic E-state index is -0.276. The zero-order valence-corrected chi connectivity index (χ0v) is 12.1. The maximum atomic E-state index is 12.4. The van der Waals surface area contributed by atoms with E-state index >= 15 is 0 Å². The molecule has 1 amide bonds. The van der Waals surface area contributed by atoms with Crippen LogP contribution in [0.15, 0.2) is 54.6 Å². The number of carbonyl (C=O) groups is 1. The number of anilines is 2. The molecule has 0 aliphatic heterocycles. The minimum absolute atomic E-state index is 0.0395. The first-order chi connectivity index (χ1) is 9.58. The van der Waals surface area contributed by atoms with Crippen LogP contribution in [0.3, 0.4) is 0 Å². The van der Waals surface area contributed by atoms with Crippen LogP contribution in [0.4, 0.5) is 11.4 Å². The molecule has 2 aromatic carbocycles. The maximum Gasteiger partial charge on any atom is 0.248 e. The van der Waals surface area contributed by atoms with Gasteiger partial charge in [-0.3, -0.25) is 4.79 Å². The van der Waals surface area contributed by atoms with Crippen LogP contribution in [0.25, 0.3) is 0 Å². The number of hydrogen-bond donors (Lipinski definition) is 1. The molecule has 20 heavy (non-hydrogen) atoms. The van der Waals surface area contributed by atoms with Gasteiger partial charge >= 0.3 is 0 Å². The van der Waals surface area contributed by atoms with Crippen LogP contribution in [0.2, 0.25) is 0 Å². The van der Waals surface area contributed by atoms with Gasteiger partial charge in [0.25, 0.3) is 0 Å². The summed E-state index contributed by atoms with van der Waals surface area (Å²) in [5, 5.41) is 3.24. The predicted molar refractivity (Wildman–Crippen MR) is 84.1 cm³/mol. The van der Waals surface area contributed by atoms with Gasteiger partial charge in [-0.15, -0.1) is 0 Å². The Hall–Kier alpha value is -2.29. The largest absolute Gasteiger partial charge is 0.374 e. The Morgan fingerprint density at radius 3 is 2.45 bits per heavy atom. The van der Waals surface area contributed by atoms with E-state index in [4.69, 9.17) is 0 Å². The third kappa shape index (κ3) is 3.38. The summed E-state index contributed by atoms with van der Waals surface area (Å²) in [5.41, 5.74) is 3.04. The Labute approximate surface area is 120 Å². The number of amides is 1. The first-order valence-corrected chi connectivity index (χ1v) is 6.74. The van der Waals surface area contributed by atoms with E-state index in [2.05, 4.69) is 5.32 Å². The van der Waals surface area contributed by atoms with Crippen LogP contribution in [0.5, 0.6) is 0 Å². The summed E-state index contributed by atoms with van der Waals surface area (Å²) in [6, 6.07) is 17.4. The fraction of sp³-hybridized carbons (Fsp3) is 0.235. The van der Waals surface area contributed by atoms with E-state index in [0.717, 1.165) is 11.4 Å². The van der Waals surface area contributed by atoms with E-state index in [0.29, 0.717) is 0 Å². The highest BCUT2D eigenvalue weighted by Crippen LogP contribution is 2.15. The second-order valence-corrected chi connectivity index (χ2v) is 4.97. The minimum Gasteiger partial charge on any atom is -0.374 e. The van der Waals surface area contributed by atoms with Crippen LogP contribution < -0.4 is 10.2 Å². The molecule has 0 fully saturated rings. The third-order valence-electron chi connectivity index (χ3n) is 3.25. The van der Waals surface area contributed by atoms with Gasteiger partial charge in [-0.1, -0.05) is 30.3 Å². The topological polar surface area (TPSA) is 32.3 Å². The molecule has 0 saturated heterocycles. The van der Waals surface area contributed by atoms with Gasteiger partial charge in [0, 0.05) is 18.4 Å². The smallest absolute Gasteiger partial charge is 0.248 e. The van der Waals surface area contributed by atoms with Crippen LogP contribution in [-0.2, 0) is 4.79 Å². The molecule has 0 saturated carbocycles. The van der Waals surface area contributed by atoms with Crippen LogP contribution in [0, 0.1) is 6.92 Å². The average molecular weight is 268 g/mol. The van der Waals surface area contributed by atoms with Gasteiger partial charge in [0.2, 0.25) is 5.91 Å². The quantitative estimate of drug-likeness (QED) is 0.921. The van der Waals surface area contributed by atoms with Crippen molar-refractivity contribution in [3.8, 4) is 0 Å². The molecule has 0 radical (unpaired) electrons. The van der Waals surface area contributed by atoms with Crippen molar-refractivity contribution in [2.45, 2.75) is 19.9 Å². The molecule has 0 heterocycles. The molecule has 2 rings (SSSR count). The van der Waals surface area contributed by atoms with Crippen molar-refractivity contribution in [2.75, 3.05) is 17.3 Å². The predicted octanol–water partition coefficient (Wildman–Crippen LogP) is 3.46. The lowest BCUT2D eigenvalue weighted by atomic mass is 10.2. The number of para-hydroxylation sites is 1. The van der Waals surface area contributed by atoms with Crippen LogP contribution >= 0.6 is 0 Å². The Balaban J connectivity index is 2.05. The van der Waals surface area contributed by atoms with Crippen LogP contribution in [0.1, 0.15) is 12.5 Å². The summed E-state index contributed by atoms with van der Waals surface area (Å²) in [4.78, 5) is 14.1. The zero-order chi connectivity index (χ0) is 14.5. The third-order valence-corrected chi connectivity index (χ3v) is 3.25. The van der Waals surface area contributed by atoms with Crippen LogP contribution in [-0.4, -0.2) is 19.0 Å². The summed E-state index contributed by atoms with van der Waals surface area (Å²) < 4.78 is 0. The molecule has 104 valence electrons. The van der Waals surface area contributed by atoms with Crippen molar-refractivity contribution in [1.29, 1.82) is 0 Å². The summed E-state index contributed by atoms with van der Waals surface area (Å²) in [6.07, 6.45) is 0. The number of nitrogens with one attached hydrogen (secondary N) is 1. The summed E-state index contributed by atoms with van der Waals surface area (Å²) in [6.45, 7) is 3.91. The molecule has 3 heteroatoms. The fourth-order valence-corrected chi connectivity index (χ4v) is 2.12. The van der Waals surface area contributed by atoms with Gasteiger partial charge in [0.05, 0.1) is 0 Å². The molecular weight excluding hydrogens is 248 g/mol. The van der Waals surface area contributed by atoms with E-state index < -0.39 is 0 Å². The molecule has 0 bridgehead atoms. The monoisotopic (exact) mass is 268 g/mol. The normalized spacial score (nSPS) is 11.8. The molecule has 1 unspecified atom stereocenters. The zero-order valence-electron chi connectivity index (χ0n) is 12.1. The Kier molecular flexibility index (Phi) is 4.41. The van der Waals surface area contributed by atoms with Crippen molar-refractivity contribution in [2.24, 2.45) is 0 Å². The fourth-order valence-electron chi connectivity index (χ4n) is 2.12. The van der Waals surface area contributed by atoms with E-state index in [1.807, 2.05) is 68.4 Å². The van der Waals surface area contributed by atoms with Crippen molar-refractivity contribution in [3.63, 3.8) is 0 Å². The standard InChI is InChI=1S/C17H20N2O/c1-13-8-7-9-15(12-13)18-14(2)17(20)19(3)16-10-5-4-6-11-16/h4-12,14,18H,1-3H3. The lowest BCUT2D eigenvalue weighted by molar-refractivity contribution is -0.118. The summed E-state index contributed by atoms with van der Waals surface area (Å²) >= 11 is 0. The van der Waals surface area contributed by atoms with Crippen molar-refractivity contribution < 1.29 is 4.79 Å². The SMILES string of the molecule is Cc1cccc(NC(C)C(=O)N(C)c2ccccc2)c1. The van der Waals surface area contributed by atoms with Crippen molar-refractivity contribution >= 4 is 17.3 Å². The number of hydrogen-bond acceptors (Lipinski definition) is 2. The number of benzene rings is 2. The van der Waals surface area contributed by atoms with E-state index in [-0.39, 0.29) is 11.9 Å². The maximum absolute atomic E-state index is 12.4. The first-order valence-electron chi connectivity index (χ1n) is 6.74. The summed E-state index contributed by atoms with van der Waals surface area (Å²) in [5.74, 6) is 0.0395. The molecule has 0 aliphatic carbocycles. The molecule has 0 aromatic heterocycles. The number of likely N-dealkylation sites (N-methyl/N-ethyl adjacent to an activating group) is 1. The number of carbonyl (C=O) groups excluding carboxylic acids is 1. The van der Waals surface area contributed by atoms with Crippen molar-refractivity contribution in [3.05, 3.63) is 60.2 Å². The second-order valence-electron chi connectivity index (χ2n) is 4.97.